The average molecular weight is 152 g/mol. The molecule has 1 fully saturated rings. The average Bonchev–Trinajstić information content (AvgIpc) is 2.44. The van der Waals surface area contributed by atoms with Gasteiger partial charge in [-0.2, -0.15) is 0 Å². The van der Waals surface area contributed by atoms with Crippen molar-refractivity contribution in [2.45, 2.75) is 39.3 Å². The van der Waals surface area contributed by atoms with Crippen LogP contribution in [0.15, 0.2) is 0 Å². The third-order valence-electron chi connectivity index (χ3n) is 1.71. The van der Waals surface area contributed by atoms with Gasteiger partial charge in [0.2, 0.25) is 0 Å². The van der Waals surface area contributed by atoms with Gasteiger partial charge < -0.3 is 0 Å². The highest BCUT2D eigenvalue weighted by atomic mass is 15.7. The van der Waals surface area contributed by atoms with Crippen LogP contribution in [0.5, 0.6) is 0 Å². The summed E-state index contributed by atoms with van der Waals surface area (Å²) in [5.41, 5.74) is 6.60. The van der Waals surface area contributed by atoms with E-state index in [-0.39, 0.29) is 5.66 Å². The van der Waals surface area contributed by atoms with Gasteiger partial charge in [0.15, 0.2) is 0 Å². The number of hydrazine groups is 1. The molecule has 1 rings (SSSR count). The van der Waals surface area contributed by atoms with Gasteiger partial charge >= 0.3 is 0 Å². The Labute approximate surface area is 68.7 Å². The van der Waals surface area contributed by atoms with Gasteiger partial charge in [0, 0.05) is 6.42 Å². The van der Waals surface area contributed by atoms with Crippen LogP contribution >= 0.6 is 0 Å². The van der Waals surface area contributed by atoms with Crippen molar-refractivity contribution in [1.82, 2.24) is 10.9 Å². The van der Waals surface area contributed by atoms with Crippen LogP contribution in [-0.2, 0) is 0 Å². The molecule has 11 heavy (non-hydrogen) atoms. The fourth-order valence-electron chi connectivity index (χ4n) is 1.41. The molecule has 0 bridgehead atoms. The lowest BCUT2D eigenvalue weighted by atomic mass is 9.85. The van der Waals surface area contributed by atoms with Gasteiger partial charge in [-0.05, 0) is 11.8 Å². The van der Waals surface area contributed by atoms with Gasteiger partial charge in [-0.15, -0.1) is 12.3 Å². The second-order valence-electron chi connectivity index (χ2n) is 4.45. The van der Waals surface area contributed by atoms with E-state index in [1.165, 1.54) is 0 Å². The highest BCUT2D eigenvalue weighted by Crippen LogP contribution is 2.31. The molecular formula is C9H16N2. The molecule has 2 N–H and O–H groups in total. The molecule has 0 aromatic carbocycles. The Kier molecular flexibility index (Phi) is 1.96. The van der Waals surface area contributed by atoms with Crippen LogP contribution in [0.25, 0.3) is 0 Å². The first-order chi connectivity index (χ1) is 4.97. The van der Waals surface area contributed by atoms with Crippen molar-refractivity contribution >= 4 is 0 Å². The minimum Gasteiger partial charge on any atom is -0.234 e. The summed E-state index contributed by atoms with van der Waals surface area (Å²) in [5, 5.41) is 0. The van der Waals surface area contributed by atoms with E-state index >= 15 is 0 Å². The van der Waals surface area contributed by atoms with Crippen LogP contribution in [0.3, 0.4) is 0 Å². The number of nitrogens with one attached hydrogen (secondary N) is 2. The Bertz CT molecular complexity index is 179. The highest BCUT2D eigenvalue weighted by molar-refractivity contribution is 5.05. The molecule has 1 aliphatic heterocycles. The van der Waals surface area contributed by atoms with Crippen molar-refractivity contribution in [3.05, 3.63) is 0 Å². The lowest BCUT2D eigenvalue weighted by Gasteiger charge is -2.21. The first kappa shape index (κ1) is 8.58. The van der Waals surface area contributed by atoms with Gasteiger partial charge in [-0.3, -0.25) is 0 Å². The fraction of sp³-hybridized carbons (Fsp3) is 0.778. The summed E-state index contributed by atoms with van der Waals surface area (Å²) in [5.74, 6) is 2.67. The summed E-state index contributed by atoms with van der Waals surface area (Å²) < 4.78 is 0. The maximum atomic E-state index is 5.24. The second kappa shape index (κ2) is 2.51. The molecule has 1 heterocycles. The van der Waals surface area contributed by atoms with Crippen molar-refractivity contribution in [3.8, 4) is 12.3 Å². The van der Waals surface area contributed by atoms with E-state index in [1.54, 1.807) is 0 Å². The Balaban J connectivity index is 2.43. The first-order valence-electron chi connectivity index (χ1n) is 3.95. The van der Waals surface area contributed by atoms with Crippen LogP contribution < -0.4 is 10.9 Å². The smallest absolute Gasteiger partial charge is 0.106 e. The van der Waals surface area contributed by atoms with Crippen molar-refractivity contribution in [2.75, 3.05) is 0 Å². The minimum absolute atomic E-state index is 0.0486. The van der Waals surface area contributed by atoms with Gasteiger partial charge in [-0.25, -0.2) is 10.9 Å². The summed E-state index contributed by atoms with van der Waals surface area (Å²) in [4.78, 5) is 0. The molecule has 0 aromatic rings. The summed E-state index contributed by atoms with van der Waals surface area (Å²) >= 11 is 0. The SMILES string of the molecule is C#CCC1(CC(C)(C)C)NN1. The Morgan fingerprint density at radius 3 is 2.18 bits per heavy atom. The highest BCUT2D eigenvalue weighted by Gasteiger charge is 2.43. The van der Waals surface area contributed by atoms with E-state index < -0.39 is 0 Å². The second-order valence-corrected chi connectivity index (χ2v) is 4.45. The van der Waals surface area contributed by atoms with Crippen molar-refractivity contribution in [2.24, 2.45) is 5.41 Å². The number of rotatable bonds is 2. The molecule has 0 atom stereocenters. The van der Waals surface area contributed by atoms with E-state index in [2.05, 4.69) is 37.5 Å². The zero-order valence-corrected chi connectivity index (χ0v) is 7.49. The van der Waals surface area contributed by atoms with Gasteiger partial charge in [0.1, 0.15) is 5.66 Å². The molecule has 0 aliphatic carbocycles. The van der Waals surface area contributed by atoms with E-state index in [4.69, 9.17) is 6.42 Å². The summed E-state index contributed by atoms with van der Waals surface area (Å²) in [6.07, 6.45) is 7.09. The molecule has 62 valence electrons. The summed E-state index contributed by atoms with van der Waals surface area (Å²) in [6.45, 7) is 6.65. The number of hydrogen-bond acceptors (Lipinski definition) is 2. The number of hydrogen-bond donors (Lipinski definition) is 2. The third kappa shape index (κ3) is 2.53. The first-order valence-corrected chi connectivity index (χ1v) is 3.95. The van der Waals surface area contributed by atoms with Gasteiger partial charge in [0.25, 0.3) is 0 Å². The van der Waals surface area contributed by atoms with Gasteiger partial charge in [-0.1, -0.05) is 20.8 Å². The van der Waals surface area contributed by atoms with E-state index in [9.17, 15) is 0 Å². The zero-order chi connectivity index (χ0) is 8.54. The predicted molar refractivity (Wildman–Crippen MR) is 46.5 cm³/mol. The maximum absolute atomic E-state index is 5.24. The molecule has 0 aromatic heterocycles. The normalized spacial score (nSPS) is 20.9. The van der Waals surface area contributed by atoms with Crippen molar-refractivity contribution in [1.29, 1.82) is 0 Å². The third-order valence-corrected chi connectivity index (χ3v) is 1.71. The van der Waals surface area contributed by atoms with Crippen LogP contribution in [-0.4, -0.2) is 5.66 Å². The van der Waals surface area contributed by atoms with Crippen molar-refractivity contribution in [3.63, 3.8) is 0 Å². The Hall–Kier alpha value is -0.520. The zero-order valence-electron chi connectivity index (χ0n) is 7.49. The minimum atomic E-state index is 0.0486. The van der Waals surface area contributed by atoms with Crippen LogP contribution in [0.1, 0.15) is 33.6 Å². The van der Waals surface area contributed by atoms with Crippen LogP contribution in [0, 0.1) is 17.8 Å². The number of terminal acetylenes is 1. The molecule has 1 aliphatic rings. The fourth-order valence-corrected chi connectivity index (χ4v) is 1.41. The lowest BCUT2D eigenvalue weighted by Crippen LogP contribution is -2.24. The molecule has 2 heteroatoms. The van der Waals surface area contributed by atoms with E-state index in [1.807, 2.05) is 0 Å². The Morgan fingerprint density at radius 1 is 1.36 bits per heavy atom. The standard InChI is InChI=1S/C9H16N2/c1-5-6-9(10-11-9)7-8(2,3)4/h1,10-11H,6-7H2,2-4H3. The van der Waals surface area contributed by atoms with Gasteiger partial charge in [0.05, 0.1) is 0 Å². The molecule has 0 saturated carbocycles. The van der Waals surface area contributed by atoms with Crippen molar-refractivity contribution < 1.29 is 0 Å². The largest absolute Gasteiger partial charge is 0.234 e. The maximum Gasteiger partial charge on any atom is 0.106 e. The summed E-state index contributed by atoms with van der Waals surface area (Å²) in [6, 6.07) is 0. The molecule has 1 saturated heterocycles. The predicted octanol–water partition coefficient (Wildman–Crippen LogP) is 1.25. The summed E-state index contributed by atoms with van der Waals surface area (Å²) in [7, 11) is 0. The molecular weight excluding hydrogens is 136 g/mol. The van der Waals surface area contributed by atoms with E-state index in [0.29, 0.717) is 5.41 Å². The van der Waals surface area contributed by atoms with Crippen LogP contribution in [0.2, 0.25) is 0 Å². The topological polar surface area (TPSA) is 43.9 Å². The molecule has 0 spiro atoms. The Morgan fingerprint density at radius 2 is 1.91 bits per heavy atom. The monoisotopic (exact) mass is 152 g/mol. The van der Waals surface area contributed by atoms with Crippen LogP contribution in [0.4, 0.5) is 0 Å². The lowest BCUT2D eigenvalue weighted by molar-refractivity contribution is 0.318. The molecule has 0 unspecified atom stereocenters. The quantitative estimate of drug-likeness (QED) is 0.462. The molecule has 0 amide bonds. The van der Waals surface area contributed by atoms with E-state index in [0.717, 1.165) is 12.8 Å². The molecule has 2 nitrogen and oxygen atoms in total. The molecule has 0 radical (unpaired) electrons.